The van der Waals surface area contributed by atoms with Crippen molar-refractivity contribution in [2.24, 2.45) is 0 Å². The van der Waals surface area contributed by atoms with Gasteiger partial charge in [0, 0.05) is 28.0 Å². The van der Waals surface area contributed by atoms with Crippen LogP contribution in [0.4, 0.5) is 11.4 Å². The summed E-state index contributed by atoms with van der Waals surface area (Å²) in [4.78, 5) is 30.3. The molecule has 2 heterocycles. The van der Waals surface area contributed by atoms with E-state index in [0.29, 0.717) is 38.6 Å². The highest BCUT2D eigenvalue weighted by Crippen LogP contribution is 2.33. The van der Waals surface area contributed by atoms with Gasteiger partial charge in [0.15, 0.2) is 4.34 Å². The Kier molecular flexibility index (Phi) is 8.69. The first-order chi connectivity index (χ1) is 19.1. The Hall–Kier alpha value is -2.67. The molecule has 40 heavy (non-hydrogen) atoms. The maximum atomic E-state index is 13.2. The monoisotopic (exact) mass is 634 g/mol. The van der Waals surface area contributed by atoms with Gasteiger partial charge in [-0.3, -0.25) is 9.59 Å². The van der Waals surface area contributed by atoms with E-state index in [1.165, 1.54) is 51.7 Å². The average Bonchev–Trinajstić information content (AvgIpc) is 3.57. The summed E-state index contributed by atoms with van der Waals surface area (Å²) in [7, 11) is -3.85. The van der Waals surface area contributed by atoms with Gasteiger partial charge in [0.25, 0.3) is 0 Å². The maximum Gasteiger partial charge on any atom is 0.243 e. The Bertz CT molecular complexity index is 1690. The molecule has 0 radical (unpaired) electrons. The normalized spacial score (nSPS) is 15.8. The molecule has 1 aromatic heterocycles. The molecule has 8 nitrogen and oxygen atoms in total. The fraction of sp³-hybridized carbons (Fsp3) is 0.222. The van der Waals surface area contributed by atoms with Crippen molar-refractivity contribution in [2.75, 3.05) is 22.9 Å². The third kappa shape index (κ3) is 6.45. The fourth-order valence-corrected chi connectivity index (χ4v) is 8.21. The fourth-order valence-electron chi connectivity index (χ4n) is 4.34. The lowest BCUT2D eigenvalue weighted by Gasteiger charge is -2.23. The second kappa shape index (κ2) is 12.1. The van der Waals surface area contributed by atoms with E-state index in [1.54, 1.807) is 30.3 Å². The Morgan fingerprint density at radius 3 is 2.58 bits per heavy atom. The predicted molar refractivity (Wildman–Crippen MR) is 162 cm³/mol. The van der Waals surface area contributed by atoms with Crippen LogP contribution in [-0.4, -0.2) is 47.9 Å². The molecule has 1 aliphatic heterocycles. The molecule has 0 unspecified atom stereocenters. The molecule has 1 atom stereocenters. The third-order valence-electron chi connectivity index (χ3n) is 6.36. The van der Waals surface area contributed by atoms with Gasteiger partial charge in [0.2, 0.25) is 21.8 Å². The van der Waals surface area contributed by atoms with Crippen LogP contribution in [-0.2, 0) is 19.6 Å². The van der Waals surface area contributed by atoms with Crippen LogP contribution < -0.4 is 10.6 Å². The highest BCUT2D eigenvalue weighted by molar-refractivity contribution is 8.01. The van der Waals surface area contributed by atoms with E-state index in [1.807, 2.05) is 13.0 Å². The number of nitrogens with zero attached hydrogens (tertiary/aromatic N) is 2. The zero-order valence-electron chi connectivity index (χ0n) is 21.2. The first-order valence-electron chi connectivity index (χ1n) is 12.3. The first kappa shape index (κ1) is 28.8. The summed E-state index contributed by atoms with van der Waals surface area (Å²) in [5.74, 6) is -0.381. The van der Waals surface area contributed by atoms with E-state index in [2.05, 4.69) is 15.6 Å². The minimum atomic E-state index is -3.85. The lowest BCUT2D eigenvalue weighted by Crippen LogP contribution is -2.43. The van der Waals surface area contributed by atoms with Crippen LogP contribution in [0.2, 0.25) is 10.0 Å². The average molecular weight is 636 g/mol. The summed E-state index contributed by atoms with van der Waals surface area (Å²) in [5.41, 5.74) is 2.87. The summed E-state index contributed by atoms with van der Waals surface area (Å²) in [5, 5.41) is 6.72. The quantitative estimate of drug-likeness (QED) is 0.216. The molecule has 4 aromatic rings. The van der Waals surface area contributed by atoms with Crippen LogP contribution in [0.5, 0.6) is 0 Å². The summed E-state index contributed by atoms with van der Waals surface area (Å²) in [6.45, 7) is 2.16. The summed E-state index contributed by atoms with van der Waals surface area (Å²) in [6, 6.07) is 15.8. The first-order valence-corrected chi connectivity index (χ1v) is 16.3. The number of aromatic nitrogens is 1. The molecular formula is C27H24Cl2N4O4S3. The van der Waals surface area contributed by atoms with Gasteiger partial charge in [-0.15, -0.1) is 11.3 Å². The van der Waals surface area contributed by atoms with Crippen molar-refractivity contribution in [1.29, 1.82) is 0 Å². The number of hydrogen-bond acceptors (Lipinski definition) is 7. The molecule has 0 saturated carbocycles. The molecule has 13 heteroatoms. The summed E-state index contributed by atoms with van der Waals surface area (Å²) < 4.78 is 29.2. The molecule has 0 bridgehead atoms. The highest BCUT2D eigenvalue weighted by atomic mass is 35.5. The smallest absolute Gasteiger partial charge is 0.243 e. The zero-order chi connectivity index (χ0) is 28.4. The van der Waals surface area contributed by atoms with E-state index in [0.717, 1.165) is 15.8 Å². The minimum Gasteiger partial charge on any atom is -0.325 e. The number of thioether (sulfide) groups is 1. The van der Waals surface area contributed by atoms with E-state index >= 15 is 0 Å². The molecule has 2 N–H and O–H groups in total. The zero-order valence-corrected chi connectivity index (χ0v) is 25.1. The van der Waals surface area contributed by atoms with Crippen LogP contribution in [0.3, 0.4) is 0 Å². The van der Waals surface area contributed by atoms with Gasteiger partial charge in [-0.25, -0.2) is 13.4 Å². The number of nitrogens with one attached hydrogen (secondary N) is 2. The molecule has 5 rings (SSSR count). The number of hydrogen-bond donors (Lipinski definition) is 2. The van der Waals surface area contributed by atoms with E-state index in [-0.39, 0.29) is 29.0 Å². The number of rotatable bonds is 8. The SMILES string of the molecule is Cc1ccc(Cl)cc1NC(=O)CSc1nc2ccc(NC(=O)[C@H]3CCCN3S(=O)(=O)c3ccc(Cl)cc3)cc2s1. The number of sulfonamides is 1. The lowest BCUT2D eigenvalue weighted by atomic mass is 10.2. The van der Waals surface area contributed by atoms with Crippen LogP contribution in [0, 0.1) is 6.92 Å². The number of carbonyl (C=O) groups excluding carboxylic acids is 2. The van der Waals surface area contributed by atoms with E-state index in [4.69, 9.17) is 23.2 Å². The second-order valence-electron chi connectivity index (χ2n) is 9.18. The molecular weight excluding hydrogens is 611 g/mol. The number of amides is 2. The number of fused-ring (bicyclic) bond motifs is 1. The highest BCUT2D eigenvalue weighted by Gasteiger charge is 2.39. The molecule has 2 amide bonds. The van der Waals surface area contributed by atoms with Crippen molar-refractivity contribution in [3.05, 3.63) is 76.3 Å². The summed E-state index contributed by atoms with van der Waals surface area (Å²) in [6.07, 6.45) is 1.02. The van der Waals surface area contributed by atoms with Gasteiger partial charge in [0.1, 0.15) is 6.04 Å². The molecule has 1 saturated heterocycles. The van der Waals surface area contributed by atoms with Gasteiger partial charge in [0.05, 0.1) is 20.9 Å². The summed E-state index contributed by atoms with van der Waals surface area (Å²) >= 11 is 14.7. The molecule has 1 aliphatic rings. The van der Waals surface area contributed by atoms with Crippen molar-refractivity contribution < 1.29 is 18.0 Å². The standard InChI is InChI=1S/C27H24Cl2N4O4S3/c1-16-4-5-18(29)13-22(16)31-25(34)15-38-27-32-21-11-8-19(14-24(21)39-27)30-26(35)23-3-2-12-33(23)40(36,37)20-9-6-17(28)7-10-20/h4-11,13-14,23H,2-3,12,15H2,1H3,(H,30,35)(H,31,34)/t23-/m1/s1. The topological polar surface area (TPSA) is 108 Å². The van der Waals surface area contributed by atoms with Crippen LogP contribution in [0.1, 0.15) is 18.4 Å². The molecule has 0 aliphatic carbocycles. The van der Waals surface area contributed by atoms with Crippen LogP contribution in [0.25, 0.3) is 10.2 Å². The van der Waals surface area contributed by atoms with Crippen molar-refractivity contribution in [3.8, 4) is 0 Å². The lowest BCUT2D eigenvalue weighted by molar-refractivity contribution is -0.119. The molecule has 0 spiro atoms. The number of benzene rings is 3. The molecule has 1 fully saturated rings. The predicted octanol–water partition coefficient (Wildman–Crippen LogP) is 6.43. The van der Waals surface area contributed by atoms with Gasteiger partial charge in [-0.1, -0.05) is 41.0 Å². The van der Waals surface area contributed by atoms with Gasteiger partial charge >= 0.3 is 0 Å². The maximum absolute atomic E-state index is 13.2. The van der Waals surface area contributed by atoms with Gasteiger partial charge < -0.3 is 10.6 Å². The third-order valence-corrected chi connectivity index (χ3v) is 10.9. The second-order valence-corrected chi connectivity index (χ2v) is 14.2. The van der Waals surface area contributed by atoms with Gasteiger partial charge in [-0.2, -0.15) is 4.31 Å². The van der Waals surface area contributed by atoms with Crippen molar-refractivity contribution >= 4 is 89.7 Å². The Balaban J connectivity index is 1.23. The Labute approximate surface area is 250 Å². The number of carbonyl (C=O) groups is 2. The molecule has 3 aromatic carbocycles. The largest absolute Gasteiger partial charge is 0.325 e. The number of aryl methyl sites for hydroxylation is 1. The Morgan fingerprint density at radius 2 is 1.80 bits per heavy atom. The number of halogens is 2. The van der Waals surface area contributed by atoms with Gasteiger partial charge in [-0.05, 0) is 79.9 Å². The number of anilines is 2. The van der Waals surface area contributed by atoms with Crippen molar-refractivity contribution in [3.63, 3.8) is 0 Å². The minimum absolute atomic E-state index is 0.101. The van der Waals surface area contributed by atoms with E-state index in [9.17, 15) is 18.0 Å². The number of thiazole rings is 1. The molecule has 208 valence electrons. The van der Waals surface area contributed by atoms with Crippen LogP contribution in [0.15, 0.2) is 69.9 Å². The Morgan fingerprint density at radius 1 is 1.05 bits per heavy atom. The van der Waals surface area contributed by atoms with Crippen molar-refractivity contribution in [1.82, 2.24) is 9.29 Å². The van der Waals surface area contributed by atoms with Crippen molar-refractivity contribution in [2.45, 2.75) is 35.0 Å². The van der Waals surface area contributed by atoms with Crippen LogP contribution >= 0.6 is 46.3 Å². The van der Waals surface area contributed by atoms with E-state index < -0.39 is 16.1 Å².